The zero-order valence-electron chi connectivity index (χ0n) is 17.0. The standard InChI is InChI=1S/C23H25FN4O2/c1-27(14-17-7-3-2-4-8-17)21(29)16-28-12-6-10-19(15-28)23-25-22(26-30-23)18-9-5-11-20(24)13-18/h2-5,7-9,11,13,19H,6,10,12,14-16H2,1H3. The number of likely N-dealkylation sites (N-methyl/N-ethyl adjacent to an activating group) is 1. The van der Waals surface area contributed by atoms with E-state index in [1.807, 2.05) is 37.4 Å². The Morgan fingerprint density at radius 1 is 1.23 bits per heavy atom. The van der Waals surface area contributed by atoms with E-state index in [0.29, 0.717) is 36.9 Å². The molecule has 0 aliphatic carbocycles. The van der Waals surface area contributed by atoms with Gasteiger partial charge < -0.3 is 9.42 Å². The topological polar surface area (TPSA) is 62.5 Å². The van der Waals surface area contributed by atoms with Crippen molar-refractivity contribution in [1.82, 2.24) is 19.9 Å². The van der Waals surface area contributed by atoms with Crippen molar-refractivity contribution in [2.75, 3.05) is 26.7 Å². The van der Waals surface area contributed by atoms with Crippen LogP contribution >= 0.6 is 0 Å². The van der Waals surface area contributed by atoms with Gasteiger partial charge in [0.1, 0.15) is 5.82 Å². The predicted molar refractivity (Wildman–Crippen MR) is 111 cm³/mol. The molecule has 30 heavy (non-hydrogen) atoms. The van der Waals surface area contributed by atoms with E-state index in [-0.39, 0.29) is 17.6 Å². The third-order valence-electron chi connectivity index (χ3n) is 5.43. The van der Waals surface area contributed by atoms with E-state index in [9.17, 15) is 9.18 Å². The summed E-state index contributed by atoms with van der Waals surface area (Å²) in [5.74, 6) is 0.761. The van der Waals surface area contributed by atoms with Gasteiger partial charge >= 0.3 is 0 Å². The summed E-state index contributed by atoms with van der Waals surface area (Å²) >= 11 is 0. The molecule has 2 aromatic carbocycles. The van der Waals surface area contributed by atoms with Crippen LogP contribution in [0.5, 0.6) is 0 Å². The van der Waals surface area contributed by atoms with E-state index in [1.54, 1.807) is 17.0 Å². The first-order valence-electron chi connectivity index (χ1n) is 10.2. The Balaban J connectivity index is 1.36. The van der Waals surface area contributed by atoms with Crippen molar-refractivity contribution in [2.24, 2.45) is 0 Å². The molecule has 3 aromatic rings. The number of amides is 1. The van der Waals surface area contributed by atoms with E-state index >= 15 is 0 Å². The molecule has 0 spiro atoms. The lowest BCUT2D eigenvalue weighted by molar-refractivity contribution is -0.132. The Morgan fingerprint density at radius 2 is 2.07 bits per heavy atom. The highest BCUT2D eigenvalue weighted by atomic mass is 19.1. The van der Waals surface area contributed by atoms with Crippen molar-refractivity contribution in [1.29, 1.82) is 0 Å². The summed E-state index contributed by atoms with van der Waals surface area (Å²) in [6.45, 7) is 2.52. The summed E-state index contributed by atoms with van der Waals surface area (Å²) in [6, 6.07) is 16.1. The van der Waals surface area contributed by atoms with Crippen molar-refractivity contribution in [2.45, 2.75) is 25.3 Å². The Hall–Kier alpha value is -3.06. The van der Waals surface area contributed by atoms with Crippen LogP contribution in [0.2, 0.25) is 0 Å². The first-order chi connectivity index (χ1) is 14.6. The number of rotatable bonds is 6. The van der Waals surface area contributed by atoms with Gasteiger partial charge in [-0.15, -0.1) is 0 Å². The minimum absolute atomic E-state index is 0.0702. The van der Waals surface area contributed by atoms with Gasteiger partial charge in [-0.3, -0.25) is 9.69 Å². The average Bonchev–Trinajstić information content (AvgIpc) is 3.25. The highest BCUT2D eigenvalue weighted by Gasteiger charge is 2.28. The number of halogens is 1. The molecular formula is C23H25FN4O2. The first-order valence-corrected chi connectivity index (χ1v) is 10.2. The average molecular weight is 408 g/mol. The first kappa shape index (κ1) is 20.2. The Morgan fingerprint density at radius 3 is 2.87 bits per heavy atom. The summed E-state index contributed by atoms with van der Waals surface area (Å²) < 4.78 is 18.9. The van der Waals surface area contributed by atoms with Gasteiger partial charge in [-0.25, -0.2) is 4.39 Å². The maximum Gasteiger partial charge on any atom is 0.236 e. The fraction of sp³-hybridized carbons (Fsp3) is 0.348. The van der Waals surface area contributed by atoms with Gasteiger partial charge in [0.15, 0.2) is 0 Å². The van der Waals surface area contributed by atoms with Crippen molar-refractivity contribution in [3.8, 4) is 11.4 Å². The van der Waals surface area contributed by atoms with Gasteiger partial charge in [-0.1, -0.05) is 47.6 Å². The second kappa shape index (κ2) is 9.17. The number of piperidine rings is 1. The third kappa shape index (κ3) is 4.91. The fourth-order valence-electron chi connectivity index (χ4n) is 3.80. The lowest BCUT2D eigenvalue weighted by Crippen LogP contribution is -2.42. The number of aromatic nitrogens is 2. The van der Waals surface area contributed by atoms with Crippen LogP contribution in [0.25, 0.3) is 11.4 Å². The Bertz CT molecular complexity index is 992. The predicted octanol–water partition coefficient (Wildman–Crippen LogP) is 3.71. The van der Waals surface area contributed by atoms with Crippen LogP contribution in [0.3, 0.4) is 0 Å². The van der Waals surface area contributed by atoms with Crippen molar-refractivity contribution in [3.05, 3.63) is 71.9 Å². The largest absolute Gasteiger partial charge is 0.340 e. The number of carbonyl (C=O) groups excluding carboxylic acids is 1. The molecule has 7 heteroatoms. The van der Waals surface area contributed by atoms with E-state index in [2.05, 4.69) is 15.0 Å². The summed E-state index contributed by atoms with van der Waals surface area (Å²) in [5, 5.41) is 4.02. The van der Waals surface area contributed by atoms with Crippen LogP contribution < -0.4 is 0 Å². The number of nitrogens with zero attached hydrogens (tertiary/aromatic N) is 4. The molecular weight excluding hydrogens is 383 g/mol. The molecule has 1 aliphatic rings. The molecule has 0 saturated carbocycles. The molecule has 1 fully saturated rings. The zero-order valence-corrected chi connectivity index (χ0v) is 17.0. The van der Waals surface area contributed by atoms with Crippen molar-refractivity contribution >= 4 is 5.91 Å². The maximum atomic E-state index is 13.5. The van der Waals surface area contributed by atoms with Crippen LogP contribution in [0.15, 0.2) is 59.1 Å². The van der Waals surface area contributed by atoms with Gasteiger partial charge in [0.05, 0.1) is 12.5 Å². The maximum absolute atomic E-state index is 13.5. The van der Waals surface area contributed by atoms with Crippen LogP contribution in [-0.2, 0) is 11.3 Å². The molecule has 0 radical (unpaired) electrons. The highest BCUT2D eigenvalue weighted by molar-refractivity contribution is 5.78. The summed E-state index contributed by atoms with van der Waals surface area (Å²) in [7, 11) is 1.83. The molecule has 4 rings (SSSR count). The smallest absolute Gasteiger partial charge is 0.236 e. The minimum Gasteiger partial charge on any atom is -0.340 e. The molecule has 156 valence electrons. The monoisotopic (exact) mass is 408 g/mol. The molecule has 6 nitrogen and oxygen atoms in total. The van der Waals surface area contributed by atoms with E-state index in [0.717, 1.165) is 24.9 Å². The number of carbonyl (C=O) groups is 1. The van der Waals surface area contributed by atoms with Gasteiger partial charge in [0, 0.05) is 25.7 Å². The Kier molecular flexibility index (Phi) is 6.18. The second-order valence-corrected chi connectivity index (χ2v) is 7.78. The third-order valence-corrected chi connectivity index (χ3v) is 5.43. The molecule has 1 aliphatic heterocycles. The quantitative estimate of drug-likeness (QED) is 0.622. The second-order valence-electron chi connectivity index (χ2n) is 7.78. The fourth-order valence-corrected chi connectivity index (χ4v) is 3.80. The SMILES string of the molecule is CN(Cc1ccccc1)C(=O)CN1CCCC(c2nc(-c3cccc(F)c3)no2)C1. The molecule has 1 unspecified atom stereocenters. The number of benzene rings is 2. The van der Waals surface area contributed by atoms with Crippen molar-refractivity contribution < 1.29 is 13.7 Å². The molecule has 2 heterocycles. The molecule has 0 bridgehead atoms. The van der Waals surface area contributed by atoms with Crippen LogP contribution in [0.1, 0.15) is 30.2 Å². The van der Waals surface area contributed by atoms with Gasteiger partial charge in [-0.2, -0.15) is 4.98 Å². The minimum atomic E-state index is -0.333. The molecule has 1 aromatic heterocycles. The molecule has 1 atom stereocenters. The summed E-state index contributed by atoms with van der Waals surface area (Å²) in [6.07, 6.45) is 1.88. The number of hydrogen-bond acceptors (Lipinski definition) is 5. The summed E-state index contributed by atoms with van der Waals surface area (Å²) in [5.41, 5.74) is 1.70. The lowest BCUT2D eigenvalue weighted by Gasteiger charge is -2.31. The lowest BCUT2D eigenvalue weighted by atomic mass is 9.98. The van der Waals surface area contributed by atoms with Gasteiger partial charge in [0.25, 0.3) is 0 Å². The number of hydrogen-bond donors (Lipinski definition) is 0. The normalized spacial score (nSPS) is 17.1. The molecule has 1 amide bonds. The molecule has 0 N–H and O–H groups in total. The van der Waals surface area contributed by atoms with Gasteiger partial charge in [-0.05, 0) is 37.1 Å². The van der Waals surface area contributed by atoms with E-state index < -0.39 is 0 Å². The zero-order chi connectivity index (χ0) is 20.9. The summed E-state index contributed by atoms with van der Waals surface area (Å²) in [4.78, 5) is 21.1. The highest BCUT2D eigenvalue weighted by Crippen LogP contribution is 2.27. The molecule has 1 saturated heterocycles. The number of likely N-dealkylation sites (tertiary alicyclic amines) is 1. The van der Waals surface area contributed by atoms with Gasteiger partial charge in [0.2, 0.25) is 17.6 Å². The Labute approximate surface area is 175 Å². The van der Waals surface area contributed by atoms with E-state index in [1.165, 1.54) is 12.1 Å². The van der Waals surface area contributed by atoms with Crippen LogP contribution in [0.4, 0.5) is 4.39 Å². The van der Waals surface area contributed by atoms with Crippen molar-refractivity contribution in [3.63, 3.8) is 0 Å². The van der Waals surface area contributed by atoms with Crippen LogP contribution in [-0.4, -0.2) is 52.5 Å². The van der Waals surface area contributed by atoms with E-state index in [4.69, 9.17) is 4.52 Å². The van der Waals surface area contributed by atoms with Crippen LogP contribution in [0, 0.1) is 5.82 Å².